The van der Waals surface area contributed by atoms with Crippen molar-refractivity contribution in [2.45, 2.75) is 51.6 Å². The molecule has 0 saturated carbocycles. The Labute approximate surface area is 142 Å². The smallest absolute Gasteiger partial charge is 0.115 e. The van der Waals surface area contributed by atoms with E-state index in [2.05, 4.69) is 38.4 Å². The molecule has 0 spiro atoms. The number of aryl methyl sites for hydroxylation is 1. The lowest BCUT2D eigenvalue weighted by Crippen LogP contribution is -2.37. The topological polar surface area (TPSA) is 58.9 Å². The molecule has 3 heterocycles. The highest BCUT2D eigenvalue weighted by Gasteiger charge is 2.31. The molecule has 0 radical (unpaired) electrons. The second-order valence-electron chi connectivity index (χ2n) is 6.41. The van der Waals surface area contributed by atoms with Crippen LogP contribution in [0.15, 0.2) is 31.1 Å². The third-order valence-corrected chi connectivity index (χ3v) is 4.33. The van der Waals surface area contributed by atoms with Crippen LogP contribution in [-0.2, 0) is 19.6 Å². The second kappa shape index (κ2) is 8.30. The normalized spacial score (nSPS) is 21.4. The molecule has 1 aliphatic heterocycles. The molecule has 7 heteroatoms. The fraction of sp³-hybridized carbons (Fsp3) is 0.588. The first-order valence-electron chi connectivity index (χ1n) is 8.58. The molecule has 0 aliphatic carbocycles. The molecule has 1 N–H and O–H groups in total. The van der Waals surface area contributed by atoms with Gasteiger partial charge in [-0.15, -0.1) is 0 Å². The van der Waals surface area contributed by atoms with Crippen LogP contribution >= 0.6 is 0 Å². The first-order chi connectivity index (χ1) is 11.7. The highest BCUT2D eigenvalue weighted by Crippen LogP contribution is 2.22. The van der Waals surface area contributed by atoms with E-state index in [9.17, 15) is 4.39 Å². The third-order valence-electron chi connectivity index (χ3n) is 4.33. The number of alkyl halides is 1. The van der Waals surface area contributed by atoms with Crippen molar-refractivity contribution in [1.82, 2.24) is 30.0 Å². The van der Waals surface area contributed by atoms with Gasteiger partial charge in [0, 0.05) is 68.5 Å². The van der Waals surface area contributed by atoms with E-state index in [1.807, 2.05) is 10.9 Å². The minimum atomic E-state index is -0.756. The highest BCUT2D eigenvalue weighted by molar-refractivity contribution is 5.05. The Morgan fingerprint density at radius 3 is 2.88 bits per heavy atom. The summed E-state index contributed by atoms with van der Waals surface area (Å²) >= 11 is 0. The van der Waals surface area contributed by atoms with Crippen molar-refractivity contribution in [2.24, 2.45) is 0 Å². The number of rotatable bonds is 8. The second-order valence-corrected chi connectivity index (χ2v) is 6.41. The van der Waals surface area contributed by atoms with Crippen molar-refractivity contribution >= 4 is 0 Å². The van der Waals surface area contributed by atoms with Gasteiger partial charge in [0.15, 0.2) is 0 Å². The van der Waals surface area contributed by atoms with E-state index >= 15 is 0 Å². The van der Waals surface area contributed by atoms with Crippen molar-refractivity contribution in [3.63, 3.8) is 0 Å². The molecule has 1 fully saturated rings. The molecule has 0 aromatic carbocycles. The molecule has 1 aliphatic rings. The number of nitrogens with zero attached hydrogens (tertiary/aromatic N) is 5. The Morgan fingerprint density at radius 1 is 1.25 bits per heavy atom. The monoisotopic (exact) mass is 332 g/mol. The summed E-state index contributed by atoms with van der Waals surface area (Å²) in [6.45, 7) is 5.79. The molecule has 0 bridgehead atoms. The summed E-state index contributed by atoms with van der Waals surface area (Å²) in [5.74, 6) is 0. The number of halogens is 1. The standard InChI is InChI=1S/C17H25FN6/c1-2-3-24-11-15(8-22-24)5-19-9-17-4-16(18)12-23(17)10-14-6-20-13-21-7-14/h6-8,11,13,16-17,19H,2-5,9-10,12H2,1H3/t16-,17-/m0/s1. The van der Waals surface area contributed by atoms with Crippen LogP contribution in [0.1, 0.15) is 30.9 Å². The molecule has 3 rings (SSSR count). The number of nitrogens with one attached hydrogen (secondary N) is 1. The van der Waals surface area contributed by atoms with Crippen LogP contribution in [0.4, 0.5) is 4.39 Å². The number of likely N-dealkylation sites (tertiary alicyclic amines) is 1. The van der Waals surface area contributed by atoms with Gasteiger partial charge in [-0.3, -0.25) is 9.58 Å². The van der Waals surface area contributed by atoms with Gasteiger partial charge in [-0.2, -0.15) is 5.10 Å². The maximum Gasteiger partial charge on any atom is 0.115 e. The summed E-state index contributed by atoms with van der Waals surface area (Å²) in [6.07, 6.45) is 9.98. The van der Waals surface area contributed by atoms with Gasteiger partial charge in [0.2, 0.25) is 0 Å². The van der Waals surface area contributed by atoms with Crippen LogP contribution < -0.4 is 5.32 Å². The minimum absolute atomic E-state index is 0.200. The van der Waals surface area contributed by atoms with Gasteiger partial charge >= 0.3 is 0 Å². The van der Waals surface area contributed by atoms with Gasteiger partial charge in [0.25, 0.3) is 0 Å². The highest BCUT2D eigenvalue weighted by atomic mass is 19.1. The van der Waals surface area contributed by atoms with E-state index in [1.54, 1.807) is 12.4 Å². The van der Waals surface area contributed by atoms with Crippen LogP contribution in [0.25, 0.3) is 0 Å². The lowest BCUT2D eigenvalue weighted by molar-refractivity contribution is 0.229. The zero-order chi connectivity index (χ0) is 16.8. The summed E-state index contributed by atoms with van der Waals surface area (Å²) < 4.78 is 15.8. The molecule has 0 unspecified atom stereocenters. The quantitative estimate of drug-likeness (QED) is 0.799. The van der Waals surface area contributed by atoms with Gasteiger partial charge < -0.3 is 5.32 Å². The molecule has 2 atom stereocenters. The maximum atomic E-state index is 13.9. The van der Waals surface area contributed by atoms with E-state index in [-0.39, 0.29) is 6.04 Å². The third kappa shape index (κ3) is 4.58. The first kappa shape index (κ1) is 17.0. The molecule has 6 nitrogen and oxygen atoms in total. The number of aromatic nitrogens is 4. The van der Waals surface area contributed by atoms with Crippen LogP contribution in [0, 0.1) is 0 Å². The van der Waals surface area contributed by atoms with Crippen molar-refractivity contribution in [1.29, 1.82) is 0 Å². The predicted molar refractivity (Wildman–Crippen MR) is 90.0 cm³/mol. The lowest BCUT2D eigenvalue weighted by atomic mass is 10.2. The van der Waals surface area contributed by atoms with Crippen molar-refractivity contribution in [3.05, 3.63) is 42.2 Å². The first-order valence-corrected chi connectivity index (χ1v) is 8.58. The van der Waals surface area contributed by atoms with E-state index in [0.29, 0.717) is 19.5 Å². The Kier molecular flexibility index (Phi) is 5.87. The molecule has 24 heavy (non-hydrogen) atoms. The fourth-order valence-electron chi connectivity index (χ4n) is 3.21. The maximum absolute atomic E-state index is 13.9. The zero-order valence-electron chi connectivity index (χ0n) is 14.1. The van der Waals surface area contributed by atoms with E-state index in [1.165, 1.54) is 11.9 Å². The average molecular weight is 332 g/mol. The predicted octanol–water partition coefficient (Wildman–Crippen LogP) is 1.79. The molecular weight excluding hydrogens is 307 g/mol. The molecule has 1 saturated heterocycles. The number of hydrogen-bond donors (Lipinski definition) is 1. The van der Waals surface area contributed by atoms with Gasteiger partial charge in [0.1, 0.15) is 12.5 Å². The van der Waals surface area contributed by atoms with Crippen LogP contribution in [0.5, 0.6) is 0 Å². The summed E-state index contributed by atoms with van der Waals surface area (Å²) in [7, 11) is 0. The molecule has 2 aromatic heterocycles. The Hall–Kier alpha value is -1.86. The Bertz CT molecular complexity index is 617. The molecule has 130 valence electrons. The van der Waals surface area contributed by atoms with Crippen LogP contribution in [0.2, 0.25) is 0 Å². The van der Waals surface area contributed by atoms with Gasteiger partial charge in [-0.1, -0.05) is 6.92 Å². The zero-order valence-corrected chi connectivity index (χ0v) is 14.1. The fourth-order valence-corrected chi connectivity index (χ4v) is 3.21. The van der Waals surface area contributed by atoms with Gasteiger partial charge in [-0.25, -0.2) is 14.4 Å². The molecular formula is C17H25FN6. The average Bonchev–Trinajstić information content (AvgIpc) is 3.16. The summed E-state index contributed by atoms with van der Waals surface area (Å²) in [6, 6.07) is 0.200. The van der Waals surface area contributed by atoms with E-state index in [0.717, 1.165) is 31.6 Å². The van der Waals surface area contributed by atoms with E-state index < -0.39 is 6.17 Å². The van der Waals surface area contributed by atoms with Crippen LogP contribution in [-0.4, -0.2) is 50.0 Å². The SMILES string of the molecule is CCCn1cc(CNC[C@@H]2C[C@H](F)CN2Cc2cncnc2)cn1. The minimum Gasteiger partial charge on any atom is -0.311 e. The van der Waals surface area contributed by atoms with E-state index in [4.69, 9.17) is 0 Å². The van der Waals surface area contributed by atoms with Crippen molar-refractivity contribution < 1.29 is 4.39 Å². The summed E-state index contributed by atoms with van der Waals surface area (Å²) in [5, 5.41) is 7.77. The van der Waals surface area contributed by atoms with Gasteiger partial charge in [-0.05, 0) is 12.8 Å². The van der Waals surface area contributed by atoms with Gasteiger partial charge in [0.05, 0.1) is 6.20 Å². The van der Waals surface area contributed by atoms with Crippen molar-refractivity contribution in [2.75, 3.05) is 13.1 Å². The molecule has 2 aromatic rings. The summed E-state index contributed by atoms with van der Waals surface area (Å²) in [4.78, 5) is 10.2. The lowest BCUT2D eigenvalue weighted by Gasteiger charge is -2.24. The summed E-state index contributed by atoms with van der Waals surface area (Å²) in [5.41, 5.74) is 2.19. The molecule has 0 amide bonds. The Balaban J connectivity index is 1.49. The number of hydrogen-bond acceptors (Lipinski definition) is 5. The van der Waals surface area contributed by atoms with Crippen LogP contribution in [0.3, 0.4) is 0 Å². The Morgan fingerprint density at radius 2 is 2.08 bits per heavy atom. The largest absolute Gasteiger partial charge is 0.311 e. The van der Waals surface area contributed by atoms with Crippen molar-refractivity contribution in [3.8, 4) is 0 Å².